The Morgan fingerprint density at radius 3 is 2.82 bits per heavy atom. The van der Waals surface area contributed by atoms with Crippen molar-refractivity contribution in [3.63, 3.8) is 0 Å². The molecule has 2 aromatic rings. The zero-order valence-corrected chi connectivity index (χ0v) is 9.94. The van der Waals surface area contributed by atoms with Crippen LogP contribution in [0.15, 0.2) is 28.8 Å². The van der Waals surface area contributed by atoms with Gasteiger partial charge in [0.25, 0.3) is 5.89 Å². The highest BCUT2D eigenvalue weighted by molar-refractivity contribution is 6.30. The molecule has 0 saturated carbocycles. The minimum Gasteiger partial charge on any atom is -0.334 e. The minimum absolute atomic E-state index is 0.375. The maximum Gasteiger partial charge on any atom is 0.257 e. The second kappa shape index (κ2) is 4.47. The van der Waals surface area contributed by atoms with Gasteiger partial charge >= 0.3 is 0 Å². The highest BCUT2D eigenvalue weighted by Gasteiger charge is 2.22. The molecule has 1 saturated heterocycles. The lowest BCUT2D eigenvalue weighted by Gasteiger charge is -1.98. The van der Waals surface area contributed by atoms with E-state index in [2.05, 4.69) is 15.5 Å². The largest absolute Gasteiger partial charge is 0.334 e. The molecule has 1 aliphatic rings. The number of rotatable bonds is 2. The Balaban J connectivity index is 1.86. The van der Waals surface area contributed by atoms with Crippen molar-refractivity contribution >= 4 is 11.6 Å². The van der Waals surface area contributed by atoms with Gasteiger partial charge in [-0.1, -0.05) is 16.8 Å². The van der Waals surface area contributed by atoms with E-state index in [1.54, 1.807) is 0 Å². The zero-order valence-electron chi connectivity index (χ0n) is 9.19. The van der Waals surface area contributed by atoms with Crippen molar-refractivity contribution in [3.8, 4) is 11.5 Å². The molecule has 0 amide bonds. The molecule has 0 spiro atoms. The summed E-state index contributed by atoms with van der Waals surface area (Å²) in [5.74, 6) is 1.73. The summed E-state index contributed by atoms with van der Waals surface area (Å²) in [6, 6.07) is 7.40. The van der Waals surface area contributed by atoms with Crippen LogP contribution in [0.3, 0.4) is 0 Å². The molecule has 1 aromatic heterocycles. The predicted molar refractivity (Wildman–Crippen MR) is 65.0 cm³/mol. The Morgan fingerprint density at radius 1 is 1.29 bits per heavy atom. The van der Waals surface area contributed by atoms with Crippen molar-refractivity contribution < 1.29 is 4.52 Å². The molecule has 4 nitrogen and oxygen atoms in total. The first kappa shape index (κ1) is 10.7. The lowest BCUT2D eigenvalue weighted by atomic mass is 10.1. The first-order chi connectivity index (χ1) is 8.33. The van der Waals surface area contributed by atoms with Gasteiger partial charge in [0, 0.05) is 23.0 Å². The Bertz CT molecular complexity index is 503. The summed E-state index contributed by atoms with van der Waals surface area (Å²) in [4.78, 5) is 4.43. The van der Waals surface area contributed by atoms with Gasteiger partial charge in [0.15, 0.2) is 5.82 Å². The van der Waals surface area contributed by atoms with E-state index in [0.717, 1.165) is 30.9 Å². The molecule has 0 aliphatic carbocycles. The van der Waals surface area contributed by atoms with E-state index >= 15 is 0 Å². The summed E-state index contributed by atoms with van der Waals surface area (Å²) in [7, 11) is 0. The fourth-order valence-corrected chi connectivity index (χ4v) is 2.11. The van der Waals surface area contributed by atoms with Gasteiger partial charge in [0.05, 0.1) is 0 Å². The van der Waals surface area contributed by atoms with E-state index < -0.39 is 0 Å². The van der Waals surface area contributed by atoms with Gasteiger partial charge in [-0.2, -0.15) is 4.98 Å². The SMILES string of the molecule is Clc1ccc(-c2nc(C3CCNC3)no2)cc1. The lowest BCUT2D eigenvalue weighted by molar-refractivity contribution is 0.417. The molecule has 5 heteroatoms. The van der Waals surface area contributed by atoms with Crippen LogP contribution in [0.1, 0.15) is 18.2 Å². The Labute approximate surface area is 104 Å². The molecule has 1 aliphatic heterocycles. The Morgan fingerprint density at radius 2 is 2.12 bits per heavy atom. The van der Waals surface area contributed by atoms with Gasteiger partial charge in [-0.05, 0) is 37.2 Å². The highest BCUT2D eigenvalue weighted by Crippen LogP contribution is 2.24. The monoisotopic (exact) mass is 249 g/mol. The van der Waals surface area contributed by atoms with Crippen molar-refractivity contribution in [2.75, 3.05) is 13.1 Å². The van der Waals surface area contributed by atoms with Crippen LogP contribution in [0.4, 0.5) is 0 Å². The van der Waals surface area contributed by atoms with Crippen LogP contribution in [0.5, 0.6) is 0 Å². The van der Waals surface area contributed by atoms with Gasteiger partial charge < -0.3 is 9.84 Å². The van der Waals surface area contributed by atoms with Crippen LogP contribution in [-0.4, -0.2) is 23.2 Å². The molecule has 1 unspecified atom stereocenters. The zero-order chi connectivity index (χ0) is 11.7. The standard InChI is InChI=1S/C12H12ClN3O/c13-10-3-1-8(2-4-10)12-15-11(16-17-12)9-5-6-14-7-9/h1-4,9,14H,5-7H2. The van der Waals surface area contributed by atoms with E-state index in [0.29, 0.717) is 16.8 Å². The number of hydrogen-bond acceptors (Lipinski definition) is 4. The molecule has 1 N–H and O–H groups in total. The van der Waals surface area contributed by atoms with Crippen LogP contribution in [0.2, 0.25) is 5.02 Å². The summed E-state index contributed by atoms with van der Waals surface area (Å²) < 4.78 is 5.27. The molecule has 0 bridgehead atoms. The van der Waals surface area contributed by atoms with Crippen LogP contribution in [-0.2, 0) is 0 Å². The molecular weight excluding hydrogens is 238 g/mol. The molecule has 1 aromatic carbocycles. The second-order valence-corrected chi connectivity index (χ2v) is 4.59. The van der Waals surface area contributed by atoms with Crippen molar-refractivity contribution in [2.45, 2.75) is 12.3 Å². The number of hydrogen-bond donors (Lipinski definition) is 1. The maximum atomic E-state index is 5.83. The summed E-state index contributed by atoms with van der Waals surface area (Å²) in [5, 5.41) is 8.03. The molecular formula is C12H12ClN3O. The number of nitrogens with zero attached hydrogens (tertiary/aromatic N) is 2. The van der Waals surface area contributed by atoms with Crippen LogP contribution in [0, 0.1) is 0 Å². The molecule has 88 valence electrons. The third kappa shape index (κ3) is 2.18. The lowest BCUT2D eigenvalue weighted by Crippen LogP contribution is -2.08. The predicted octanol–water partition coefficient (Wildman–Crippen LogP) is 2.47. The number of nitrogens with one attached hydrogen (secondary N) is 1. The first-order valence-electron chi connectivity index (χ1n) is 5.63. The molecule has 3 rings (SSSR count). The summed E-state index contributed by atoms with van der Waals surface area (Å²) in [5.41, 5.74) is 0.902. The van der Waals surface area contributed by atoms with Crippen LogP contribution < -0.4 is 5.32 Å². The minimum atomic E-state index is 0.375. The molecule has 0 radical (unpaired) electrons. The van der Waals surface area contributed by atoms with Gasteiger partial charge in [0.1, 0.15) is 0 Å². The molecule has 1 atom stereocenters. The van der Waals surface area contributed by atoms with Crippen molar-refractivity contribution in [1.82, 2.24) is 15.5 Å². The van der Waals surface area contributed by atoms with E-state index in [1.807, 2.05) is 24.3 Å². The average molecular weight is 250 g/mol. The molecule has 1 fully saturated rings. The van der Waals surface area contributed by atoms with E-state index in [9.17, 15) is 0 Å². The van der Waals surface area contributed by atoms with E-state index in [1.165, 1.54) is 0 Å². The second-order valence-electron chi connectivity index (χ2n) is 4.15. The van der Waals surface area contributed by atoms with Gasteiger partial charge in [0.2, 0.25) is 0 Å². The fraction of sp³-hybridized carbons (Fsp3) is 0.333. The number of benzene rings is 1. The molecule has 17 heavy (non-hydrogen) atoms. The van der Waals surface area contributed by atoms with Crippen molar-refractivity contribution in [1.29, 1.82) is 0 Å². The number of halogens is 1. The third-order valence-electron chi connectivity index (χ3n) is 2.96. The quantitative estimate of drug-likeness (QED) is 0.888. The Hall–Kier alpha value is -1.39. The average Bonchev–Trinajstić information content (AvgIpc) is 3.00. The van der Waals surface area contributed by atoms with Gasteiger partial charge in [-0.3, -0.25) is 0 Å². The van der Waals surface area contributed by atoms with Gasteiger partial charge in [-0.15, -0.1) is 0 Å². The van der Waals surface area contributed by atoms with Gasteiger partial charge in [-0.25, -0.2) is 0 Å². The van der Waals surface area contributed by atoms with Crippen LogP contribution in [0.25, 0.3) is 11.5 Å². The fourth-order valence-electron chi connectivity index (χ4n) is 1.99. The van der Waals surface area contributed by atoms with Crippen molar-refractivity contribution in [2.24, 2.45) is 0 Å². The third-order valence-corrected chi connectivity index (χ3v) is 3.21. The normalized spacial score (nSPS) is 19.7. The summed E-state index contributed by atoms with van der Waals surface area (Å²) >= 11 is 5.83. The topological polar surface area (TPSA) is 51.0 Å². The molecule has 2 heterocycles. The Kier molecular flexibility index (Phi) is 2.82. The summed E-state index contributed by atoms with van der Waals surface area (Å²) in [6.07, 6.45) is 1.07. The number of aromatic nitrogens is 2. The first-order valence-corrected chi connectivity index (χ1v) is 6.01. The highest BCUT2D eigenvalue weighted by atomic mass is 35.5. The van der Waals surface area contributed by atoms with E-state index in [4.69, 9.17) is 16.1 Å². The summed E-state index contributed by atoms with van der Waals surface area (Å²) in [6.45, 7) is 1.95. The van der Waals surface area contributed by atoms with E-state index in [-0.39, 0.29) is 0 Å². The smallest absolute Gasteiger partial charge is 0.257 e. The van der Waals surface area contributed by atoms with Crippen molar-refractivity contribution in [3.05, 3.63) is 35.1 Å². The maximum absolute atomic E-state index is 5.83. The van der Waals surface area contributed by atoms with Crippen LogP contribution >= 0.6 is 11.6 Å².